The summed E-state index contributed by atoms with van der Waals surface area (Å²) in [6.45, 7) is 4.43. The molecule has 1 unspecified atom stereocenters. The minimum absolute atomic E-state index is 0.233. The summed E-state index contributed by atoms with van der Waals surface area (Å²) in [5, 5.41) is 0. The molecule has 2 rings (SSSR count). The average molecular weight is 237 g/mol. The molecule has 0 saturated heterocycles. The van der Waals surface area contributed by atoms with Gasteiger partial charge < -0.3 is 19.9 Å². The van der Waals surface area contributed by atoms with Gasteiger partial charge in [-0.25, -0.2) is 0 Å². The van der Waals surface area contributed by atoms with Gasteiger partial charge in [-0.2, -0.15) is 0 Å². The van der Waals surface area contributed by atoms with Crippen LogP contribution < -0.4 is 15.2 Å². The molecule has 0 spiro atoms. The molecule has 2 N–H and O–H groups in total. The maximum Gasteiger partial charge on any atom is 0.165 e. The van der Waals surface area contributed by atoms with E-state index >= 15 is 0 Å². The van der Waals surface area contributed by atoms with Crippen LogP contribution in [0.1, 0.15) is 24.0 Å². The first-order chi connectivity index (χ1) is 8.27. The number of rotatable bonds is 4. The number of ether oxygens (including phenoxy) is 3. The highest BCUT2D eigenvalue weighted by atomic mass is 16.6. The quantitative estimate of drug-likeness (QED) is 0.865. The van der Waals surface area contributed by atoms with Gasteiger partial charge in [0.05, 0.1) is 6.61 Å². The smallest absolute Gasteiger partial charge is 0.165 e. The Labute approximate surface area is 102 Å². The molecule has 0 fully saturated rings. The van der Waals surface area contributed by atoms with E-state index < -0.39 is 0 Å². The summed E-state index contributed by atoms with van der Waals surface area (Å²) < 4.78 is 16.5. The second-order valence-electron chi connectivity index (χ2n) is 4.23. The summed E-state index contributed by atoms with van der Waals surface area (Å²) in [6, 6.07) is 3.97. The number of fused-ring (bicyclic) bond motifs is 1. The summed E-state index contributed by atoms with van der Waals surface area (Å²) in [5.74, 6) is 1.88. The third-order valence-electron chi connectivity index (χ3n) is 2.98. The van der Waals surface area contributed by atoms with Crippen molar-refractivity contribution >= 4 is 0 Å². The predicted molar refractivity (Wildman–Crippen MR) is 65.6 cm³/mol. The van der Waals surface area contributed by atoms with Gasteiger partial charge >= 0.3 is 0 Å². The Morgan fingerprint density at radius 3 is 2.82 bits per heavy atom. The van der Waals surface area contributed by atoms with Gasteiger partial charge in [0.2, 0.25) is 0 Å². The van der Waals surface area contributed by atoms with Gasteiger partial charge in [0.25, 0.3) is 0 Å². The zero-order chi connectivity index (χ0) is 12.3. The predicted octanol–water partition coefficient (Wildman–Crippen LogP) is 1.67. The number of hydrogen-bond acceptors (Lipinski definition) is 4. The molecule has 0 aromatic heterocycles. The third kappa shape index (κ3) is 2.37. The van der Waals surface area contributed by atoms with Crippen LogP contribution in [0.25, 0.3) is 0 Å². The molecule has 4 nitrogen and oxygen atoms in total. The fourth-order valence-electron chi connectivity index (χ4n) is 2.12. The highest BCUT2D eigenvalue weighted by molar-refractivity contribution is 5.53. The summed E-state index contributed by atoms with van der Waals surface area (Å²) in [4.78, 5) is 0. The minimum Gasteiger partial charge on any atom is -0.486 e. The second kappa shape index (κ2) is 5.38. The number of hydrogen-bond donors (Lipinski definition) is 1. The number of nitrogens with two attached hydrogens (primary N) is 1. The fourth-order valence-corrected chi connectivity index (χ4v) is 2.12. The molecule has 1 heterocycles. The van der Waals surface area contributed by atoms with Crippen molar-refractivity contribution in [1.82, 2.24) is 0 Å². The average Bonchev–Trinajstić information content (AvgIpc) is 2.38. The van der Waals surface area contributed by atoms with Crippen LogP contribution in [0.2, 0.25) is 0 Å². The summed E-state index contributed by atoms with van der Waals surface area (Å²) in [5.41, 5.74) is 8.00. The van der Waals surface area contributed by atoms with E-state index in [0.717, 1.165) is 22.6 Å². The maximum absolute atomic E-state index is 5.77. The van der Waals surface area contributed by atoms with E-state index in [-0.39, 0.29) is 5.92 Å². The Morgan fingerprint density at radius 1 is 1.35 bits per heavy atom. The Hall–Kier alpha value is -1.26. The van der Waals surface area contributed by atoms with Crippen LogP contribution in [0.4, 0.5) is 0 Å². The van der Waals surface area contributed by atoms with Crippen molar-refractivity contribution in [3.8, 4) is 11.5 Å². The third-order valence-corrected chi connectivity index (χ3v) is 2.98. The van der Waals surface area contributed by atoms with E-state index in [4.69, 9.17) is 19.9 Å². The van der Waals surface area contributed by atoms with E-state index in [1.807, 2.05) is 12.1 Å². The van der Waals surface area contributed by atoms with E-state index in [0.29, 0.717) is 26.4 Å². The van der Waals surface area contributed by atoms with Crippen LogP contribution in [-0.2, 0) is 11.3 Å². The van der Waals surface area contributed by atoms with Crippen molar-refractivity contribution < 1.29 is 14.2 Å². The standard InChI is InChI=1S/C13H19NO3/c1-9(7-14)12-10(8-15-2)3-4-11-13(12)17-6-5-16-11/h3-4,9H,5-8,14H2,1-2H3. The van der Waals surface area contributed by atoms with E-state index in [2.05, 4.69) is 6.92 Å². The molecule has 94 valence electrons. The molecule has 1 aliphatic rings. The molecule has 17 heavy (non-hydrogen) atoms. The number of benzene rings is 1. The lowest BCUT2D eigenvalue weighted by molar-refractivity contribution is 0.164. The number of methoxy groups -OCH3 is 1. The molecule has 1 aliphatic heterocycles. The first-order valence-electron chi connectivity index (χ1n) is 5.88. The van der Waals surface area contributed by atoms with Crippen LogP contribution in [-0.4, -0.2) is 26.9 Å². The van der Waals surface area contributed by atoms with Crippen molar-refractivity contribution in [2.45, 2.75) is 19.4 Å². The van der Waals surface area contributed by atoms with Gasteiger partial charge in [0, 0.05) is 12.7 Å². The lowest BCUT2D eigenvalue weighted by Crippen LogP contribution is -2.20. The van der Waals surface area contributed by atoms with Crippen molar-refractivity contribution in [2.24, 2.45) is 5.73 Å². The molecule has 0 aliphatic carbocycles. The molecule has 1 aromatic rings. The van der Waals surface area contributed by atoms with Gasteiger partial charge in [-0.05, 0) is 24.1 Å². The minimum atomic E-state index is 0.233. The lowest BCUT2D eigenvalue weighted by atomic mass is 9.94. The van der Waals surface area contributed by atoms with E-state index in [9.17, 15) is 0 Å². The second-order valence-corrected chi connectivity index (χ2v) is 4.23. The van der Waals surface area contributed by atoms with Crippen molar-refractivity contribution in [3.63, 3.8) is 0 Å². The molecular weight excluding hydrogens is 218 g/mol. The van der Waals surface area contributed by atoms with Gasteiger partial charge in [0.1, 0.15) is 13.2 Å². The molecule has 0 saturated carbocycles. The summed E-state index contributed by atoms with van der Waals surface area (Å²) >= 11 is 0. The first-order valence-corrected chi connectivity index (χ1v) is 5.88. The van der Waals surface area contributed by atoms with Crippen LogP contribution in [0.5, 0.6) is 11.5 Å². The molecule has 4 heteroatoms. The van der Waals surface area contributed by atoms with Gasteiger partial charge in [0.15, 0.2) is 11.5 Å². The molecule has 0 amide bonds. The van der Waals surface area contributed by atoms with Gasteiger partial charge in [-0.15, -0.1) is 0 Å². The molecule has 1 aromatic carbocycles. The van der Waals surface area contributed by atoms with Crippen molar-refractivity contribution in [1.29, 1.82) is 0 Å². The topological polar surface area (TPSA) is 53.7 Å². The van der Waals surface area contributed by atoms with E-state index in [1.54, 1.807) is 7.11 Å². The zero-order valence-corrected chi connectivity index (χ0v) is 10.4. The van der Waals surface area contributed by atoms with Gasteiger partial charge in [-0.3, -0.25) is 0 Å². The van der Waals surface area contributed by atoms with Crippen LogP contribution in [0, 0.1) is 0 Å². The Morgan fingerprint density at radius 2 is 2.12 bits per heavy atom. The highest BCUT2D eigenvalue weighted by Crippen LogP contribution is 2.40. The fraction of sp³-hybridized carbons (Fsp3) is 0.538. The van der Waals surface area contributed by atoms with Crippen LogP contribution in [0.15, 0.2) is 12.1 Å². The molecule has 1 atom stereocenters. The van der Waals surface area contributed by atoms with Crippen molar-refractivity contribution in [2.75, 3.05) is 26.9 Å². The Balaban J connectivity index is 2.47. The largest absolute Gasteiger partial charge is 0.486 e. The zero-order valence-electron chi connectivity index (χ0n) is 10.4. The Kier molecular flexibility index (Phi) is 3.86. The normalized spacial score (nSPS) is 15.7. The van der Waals surface area contributed by atoms with E-state index in [1.165, 1.54) is 0 Å². The highest BCUT2D eigenvalue weighted by Gasteiger charge is 2.22. The molecule has 0 radical (unpaired) electrons. The molecular formula is C13H19NO3. The van der Waals surface area contributed by atoms with Crippen LogP contribution >= 0.6 is 0 Å². The summed E-state index contributed by atoms with van der Waals surface area (Å²) in [7, 11) is 1.69. The first kappa shape index (κ1) is 12.2. The van der Waals surface area contributed by atoms with Gasteiger partial charge in [-0.1, -0.05) is 13.0 Å². The monoisotopic (exact) mass is 237 g/mol. The maximum atomic E-state index is 5.77. The molecule has 0 bridgehead atoms. The van der Waals surface area contributed by atoms with Crippen molar-refractivity contribution in [3.05, 3.63) is 23.3 Å². The summed E-state index contributed by atoms with van der Waals surface area (Å²) in [6.07, 6.45) is 0. The Bertz CT molecular complexity index is 392. The van der Waals surface area contributed by atoms with Crippen LogP contribution in [0.3, 0.4) is 0 Å². The lowest BCUT2D eigenvalue weighted by Gasteiger charge is -2.25. The SMILES string of the molecule is COCc1ccc2c(c1C(C)CN)OCCO2.